The Bertz CT molecular complexity index is 477. The lowest BCUT2D eigenvalue weighted by molar-refractivity contribution is 0.0962. The summed E-state index contributed by atoms with van der Waals surface area (Å²) in [4.78, 5) is 16.3. The van der Waals surface area contributed by atoms with E-state index < -0.39 is 0 Å². The Balaban J connectivity index is 2.74. The second-order valence-electron chi connectivity index (χ2n) is 3.94. The van der Waals surface area contributed by atoms with Crippen LogP contribution in [0.15, 0.2) is 15.5 Å². The van der Waals surface area contributed by atoms with E-state index in [9.17, 15) is 4.79 Å². The van der Waals surface area contributed by atoms with Crippen LogP contribution < -0.4 is 0 Å². The second-order valence-corrected chi connectivity index (χ2v) is 4.79. The predicted molar refractivity (Wildman–Crippen MR) is 65.3 cm³/mol. The van der Waals surface area contributed by atoms with Gasteiger partial charge in [-0.3, -0.25) is 9.79 Å². The highest BCUT2D eigenvalue weighted by Gasteiger charge is 2.23. The van der Waals surface area contributed by atoms with Crippen molar-refractivity contribution in [3.8, 4) is 0 Å². The minimum Gasteiger partial charge on any atom is -0.293 e. The van der Waals surface area contributed by atoms with Crippen LogP contribution in [0, 0.1) is 19.8 Å². The van der Waals surface area contributed by atoms with Gasteiger partial charge in [-0.05, 0) is 31.0 Å². The van der Waals surface area contributed by atoms with Crippen molar-refractivity contribution in [2.75, 3.05) is 0 Å². The monoisotopic (exact) mass is 265 g/mol. The molecule has 0 aliphatic carbocycles. The van der Waals surface area contributed by atoms with E-state index in [2.05, 4.69) is 20.9 Å². The molecule has 1 heterocycles. The molecular formula is C12H12BrNO. The van der Waals surface area contributed by atoms with Crippen molar-refractivity contribution in [1.82, 2.24) is 0 Å². The quantitative estimate of drug-likeness (QED) is 0.705. The molecule has 0 spiro atoms. The topological polar surface area (TPSA) is 29.4 Å². The van der Waals surface area contributed by atoms with Gasteiger partial charge in [0.05, 0.1) is 11.6 Å². The van der Waals surface area contributed by atoms with Crippen LogP contribution in [0.1, 0.15) is 28.4 Å². The van der Waals surface area contributed by atoms with Gasteiger partial charge < -0.3 is 0 Å². The molecule has 1 aliphatic heterocycles. The third kappa shape index (κ3) is 1.55. The number of hydrogen-bond donors (Lipinski definition) is 0. The summed E-state index contributed by atoms with van der Waals surface area (Å²) >= 11 is 3.47. The molecule has 2 rings (SSSR count). The number of rotatable bonds is 0. The zero-order valence-corrected chi connectivity index (χ0v) is 10.6. The van der Waals surface area contributed by atoms with Gasteiger partial charge in [0.2, 0.25) is 0 Å². The number of halogens is 1. The lowest BCUT2D eigenvalue weighted by atomic mass is 9.92. The number of ketones is 1. The van der Waals surface area contributed by atoms with Gasteiger partial charge in [0.15, 0.2) is 5.78 Å². The van der Waals surface area contributed by atoms with Crippen LogP contribution >= 0.6 is 15.9 Å². The Labute approximate surface area is 97.5 Å². The first kappa shape index (κ1) is 10.6. The number of benzene rings is 1. The van der Waals surface area contributed by atoms with Crippen molar-refractivity contribution in [1.29, 1.82) is 0 Å². The van der Waals surface area contributed by atoms with E-state index in [0.29, 0.717) is 0 Å². The van der Waals surface area contributed by atoms with E-state index >= 15 is 0 Å². The summed E-state index contributed by atoms with van der Waals surface area (Å²) in [5.41, 5.74) is 3.79. The van der Waals surface area contributed by atoms with E-state index in [1.807, 2.05) is 26.8 Å². The molecular weight excluding hydrogens is 254 g/mol. The molecule has 1 aromatic carbocycles. The molecule has 1 aliphatic rings. The molecule has 78 valence electrons. The van der Waals surface area contributed by atoms with E-state index in [1.54, 1.807) is 6.21 Å². The molecule has 0 fully saturated rings. The van der Waals surface area contributed by atoms with Gasteiger partial charge in [0.1, 0.15) is 0 Å². The Morgan fingerprint density at radius 1 is 1.33 bits per heavy atom. The van der Waals surface area contributed by atoms with E-state index in [0.717, 1.165) is 26.9 Å². The molecule has 15 heavy (non-hydrogen) atoms. The van der Waals surface area contributed by atoms with E-state index in [1.165, 1.54) is 0 Å². The molecule has 1 unspecified atom stereocenters. The van der Waals surface area contributed by atoms with Gasteiger partial charge in [-0.2, -0.15) is 0 Å². The molecule has 1 atom stereocenters. The first-order valence-corrected chi connectivity index (χ1v) is 5.69. The molecule has 0 saturated heterocycles. The van der Waals surface area contributed by atoms with Crippen molar-refractivity contribution in [2.45, 2.75) is 20.8 Å². The molecule has 0 bridgehead atoms. The normalized spacial score (nSPS) is 19.2. The van der Waals surface area contributed by atoms with Crippen LogP contribution in [-0.2, 0) is 0 Å². The summed E-state index contributed by atoms with van der Waals surface area (Å²) in [7, 11) is 0. The average molecular weight is 266 g/mol. The van der Waals surface area contributed by atoms with Gasteiger partial charge in [0.25, 0.3) is 0 Å². The Hall–Kier alpha value is -0.960. The molecule has 0 N–H and O–H groups in total. The average Bonchev–Trinajstić information content (AvgIpc) is 2.21. The fraction of sp³-hybridized carbons (Fsp3) is 0.333. The Morgan fingerprint density at radius 2 is 2.00 bits per heavy atom. The van der Waals surface area contributed by atoms with E-state index in [4.69, 9.17) is 0 Å². The van der Waals surface area contributed by atoms with Gasteiger partial charge in [-0.1, -0.05) is 22.9 Å². The largest absolute Gasteiger partial charge is 0.293 e. The lowest BCUT2D eigenvalue weighted by Gasteiger charge is -2.18. The summed E-state index contributed by atoms with van der Waals surface area (Å²) in [5.74, 6) is 0.0512. The summed E-state index contributed by atoms with van der Waals surface area (Å²) in [6, 6.07) is 1.88. The molecule has 0 aromatic heterocycles. The van der Waals surface area contributed by atoms with Crippen LogP contribution in [0.2, 0.25) is 0 Å². The maximum Gasteiger partial charge on any atom is 0.173 e. The highest BCUT2D eigenvalue weighted by Crippen LogP contribution is 2.35. The van der Waals surface area contributed by atoms with Crippen molar-refractivity contribution < 1.29 is 4.79 Å². The Morgan fingerprint density at radius 3 is 2.67 bits per heavy atom. The third-order valence-electron chi connectivity index (χ3n) is 2.91. The van der Waals surface area contributed by atoms with Crippen molar-refractivity contribution in [2.24, 2.45) is 10.9 Å². The van der Waals surface area contributed by atoms with Gasteiger partial charge in [0, 0.05) is 16.3 Å². The molecule has 2 nitrogen and oxygen atoms in total. The molecule has 0 amide bonds. The smallest absolute Gasteiger partial charge is 0.173 e. The predicted octanol–water partition coefficient (Wildman–Crippen LogP) is 3.60. The highest BCUT2D eigenvalue weighted by atomic mass is 79.9. The number of carbonyl (C=O) groups excluding carboxylic acids is 1. The lowest BCUT2D eigenvalue weighted by Crippen LogP contribution is -2.17. The summed E-state index contributed by atoms with van der Waals surface area (Å²) in [6.07, 6.45) is 1.73. The zero-order chi connectivity index (χ0) is 11.2. The van der Waals surface area contributed by atoms with Crippen molar-refractivity contribution in [3.05, 3.63) is 27.2 Å². The van der Waals surface area contributed by atoms with Gasteiger partial charge in [-0.25, -0.2) is 0 Å². The SMILES string of the molecule is Cc1c(Br)cc2c(c1C)N=CC(C)C2=O. The van der Waals surface area contributed by atoms with Crippen molar-refractivity contribution in [3.63, 3.8) is 0 Å². The molecule has 0 radical (unpaired) electrons. The van der Waals surface area contributed by atoms with Crippen LogP contribution in [0.5, 0.6) is 0 Å². The van der Waals surface area contributed by atoms with Crippen LogP contribution in [-0.4, -0.2) is 12.0 Å². The number of carbonyl (C=O) groups is 1. The summed E-state index contributed by atoms with van der Waals surface area (Å²) in [5, 5.41) is 0. The number of aliphatic imine (C=N–C) groups is 1. The van der Waals surface area contributed by atoms with Gasteiger partial charge >= 0.3 is 0 Å². The highest BCUT2D eigenvalue weighted by molar-refractivity contribution is 9.10. The standard InChI is InChI=1S/C12H12BrNO/c1-6-5-14-11-8(3)7(2)10(13)4-9(11)12(6)15/h4-6H,1-3H3. The van der Waals surface area contributed by atoms with Gasteiger partial charge in [-0.15, -0.1) is 0 Å². The number of fused-ring (bicyclic) bond motifs is 1. The molecule has 1 aromatic rings. The minimum atomic E-state index is -0.105. The van der Waals surface area contributed by atoms with Crippen molar-refractivity contribution >= 4 is 33.6 Å². The summed E-state index contributed by atoms with van der Waals surface area (Å²) in [6.45, 7) is 5.90. The summed E-state index contributed by atoms with van der Waals surface area (Å²) < 4.78 is 0.983. The third-order valence-corrected chi connectivity index (χ3v) is 3.73. The fourth-order valence-corrected chi connectivity index (χ4v) is 2.24. The van der Waals surface area contributed by atoms with Crippen LogP contribution in [0.3, 0.4) is 0 Å². The fourth-order valence-electron chi connectivity index (χ4n) is 1.72. The number of Topliss-reactive ketones (excluding diaryl/α,β-unsaturated/α-hetero) is 1. The number of hydrogen-bond acceptors (Lipinski definition) is 2. The van der Waals surface area contributed by atoms with Crippen LogP contribution in [0.4, 0.5) is 5.69 Å². The number of nitrogens with zero attached hydrogens (tertiary/aromatic N) is 1. The Kier molecular flexibility index (Phi) is 2.51. The molecule has 0 saturated carbocycles. The second kappa shape index (κ2) is 3.56. The first-order valence-electron chi connectivity index (χ1n) is 4.90. The maximum atomic E-state index is 11.9. The van der Waals surface area contributed by atoms with E-state index in [-0.39, 0.29) is 11.7 Å². The minimum absolute atomic E-state index is 0.105. The zero-order valence-electron chi connectivity index (χ0n) is 8.97. The molecule has 3 heteroatoms. The van der Waals surface area contributed by atoms with Crippen LogP contribution in [0.25, 0.3) is 0 Å². The first-order chi connectivity index (χ1) is 7.02. The maximum absolute atomic E-state index is 11.9.